The zero-order valence-electron chi connectivity index (χ0n) is 8.35. The van der Waals surface area contributed by atoms with Gasteiger partial charge in [0, 0.05) is 6.07 Å². The van der Waals surface area contributed by atoms with Crippen molar-refractivity contribution in [1.29, 1.82) is 0 Å². The first-order valence-corrected chi connectivity index (χ1v) is 5.13. The molecule has 5 heteroatoms. The third-order valence-electron chi connectivity index (χ3n) is 3.00. The molecule has 1 aromatic heterocycles. The topological polar surface area (TPSA) is 89.4 Å². The first-order chi connectivity index (χ1) is 7.18. The maximum Gasteiger partial charge on any atom is 0.313 e. The van der Waals surface area contributed by atoms with Crippen LogP contribution in [-0.4, -0.2) is 16.2 Å². The molecule has 1 fully saturated rings. The predicted octanol–water partition coefficient (Wildman–Crippen LogP) is 1.62. The minimum Gasteiger partial charge on any atom is -0.481 e. The highest BCUT2D eigenvalue weighted by molar-refractivity contribution is 5.76. The second-order valence-corrected chi connectivity index (χ2v) is 4.01. The Kier molecular flexibility index (Phi) is 2.62. The van der Waals surface area contributed by atoms with Crippen LogP contribution in [-0.2, 0) is 4.79 Å². The highest BCUT2D eigenvalue weighted by atomic mass is 16.5. The zero-order chi connectivity index (χ0) is 10.8. The fraction of sp³-hybridized carbons (Fsp3) is 0.600. The monoisotopic (exact) mass is 210 g/mol. The number of carboxylic acid groups (broad SMARTS) is 1. The number of aromatic nitrogens is 1. The fourth-order valence-corrected chi connectivity index (χ4v) is 2.31. The van der Waals surface area contributed by atoms with Gasteiger partial charge in [0.05, 0.1) is 0 Å². The summed E-state index contributed by atoms with van der Waals surface area (Å²) in [7, 11) is 0. The number of rotatable bonds is 3. The predicted molar refractivity (Wildman–Crippen MR) is 53.3 cm³/mol. The maximum absolute atomic E-state index is 11.2. The Morgan fingerprint density at radius 1 is 1.60 bits per heavy atom. The van der Waals surface area contributed by atoms with E-state index in [9.17, 15) is 9.90 Å². The van der Waals surface area contributed by atoms with Crippen LogP contribution in [0.1, 0.15) is 37.3 Å². The first-order valence-electron chi connectivity index (χ1n) is 5.13. The normalized spacial score (nSPS) is 19.2. The van der Waals surface area contributed by atoms with Gasteiger partial charge in [0.2, 0.25) is 5.88 Å². The first kappa shape index (κ1) is 10.0. The number of carbonyl (C=O) groups is 1. The summed E-state index contributed by atoms with van der Waals surface area (Å²) in [5.74, 6) is -1.05. The largest absolute Gasteiger partial charge is 0.481 e. The van der Waals surface area contributed by atoms with E-state index in [1.807, 2.05) is 0 Å². The molecule has 15 heavy (non-hydrogen) atoms. The van der Waals surface area contributed by atoms with Crippen LogP contribution in [0.5, 0.6) is 0 Å². The van der Waals surface area contributed by atoms with Crippen LogP contribution >= 0.6 is 0 Å². The molecule has 0 aromatic carbocycles. The van der Waals surface area contributed by atoms with E-state index in [0.29, 0.717) is 5.69 Å². The van der Waals surface area contributed by atoms with Crippen LogP contribution in [0.25, 0.3) is 0 Å². The van der Waals surface area contributed by atoms with Gasteiger partial charge in [0.25, 0.3) is 0 Å². The lowest BCUT2D eigenvalue weighted by molar-refractivity contribution is -0.140. The van der Waals surface area contributed by atoms with Crippen LogP contribution in [0.4, 0.5) is 5.88 Å². The van der Waals surface area contributed by atoms with Gasteiger partial charge in [-0.15, -0.1) is 0 Å². The molecule has 0 aliphatic heterocycles. The fourth-order valence-electron chi connectivity index (χ4n) is 2.31. The lowest BCUT2D eigenvalue weighted by Gasteiger charge is -2.15. The molecule has 0 saturated heterocycles. The number of hydrogen-bond donors (Lipinski definition) is 2. The SMILES string of the molecule is Nc1cc(C(C(=O)O)C2CCCC2)no1. The second-order valence-electron chi connectivity index (χ2n) is 4.01. The van der Waals surface area contributed by atoms with Gasteiger partial charge < -0.3 is 15.4 Å². The summed E-state index contributed by atoms with van der Waals surface area (Å²) in [5.41, 5.74) is 5.84. The summed E-state index contributed by atoms with van der Waals surface area (Å²) in [6, 6.07) is 1.51. The van der Waals surface area contributed by atoms with E-state index in [0.717, 1.165) is 25.7 Å². The molecule has 82 valence electrons. The summed E-state index contributed by atoms with van der Waals surface area (Å²) in [6.45, 7) is 0. The average molecular weight is 210 g/mol. The molecule has 2 rings (SSSR count). The van der Waals surface area contributed by atoms with Crippen LogP contribution in [0.2, 0.25) is 0 Å². The quantitative estimate of drug-likeness (QED) is 0.791. The van der Waals surface area contributed by atoms with Gasteiger partial charge >= 0.3 is 5.97 Å². The molecule has 1 saturated carbocycles. The molecule has 0 amide bonds. The summed E-state index contributed by atoms with van der Waals surface area (Å²) >= 11 is 0. The van der Waals surface area contributed by atoms with Crippen molar-refractivity contribution in [2.24, 2.45) is 5.92 Å². The van der Waals surface area contributed by atoms with Crippen molar-refractivity contribution in [2.75, 3.05) is 5.73 Å². The third-order valence-corrected chi connectivity index (χ3v) is 3.00. The van der Waals surface area contributed by atoms with Crippen molar-refractivity contribution >= 4 is 11.9 Å². The Bertz CT molecular complexity index is 355. The Hall–Kier alpha value is -1.52. The highest BCUT2D eigenvalue weighted by Gasteiger charge is 2.34. The molecule has 1 atom stereocenters. The molecule has 3 N–H and O–H groups in total. The molecular formula is C10H14N2O3. The smallest absolute Gasteiger partial charge is 0.313 e. The molecule has 1 aliphatic rings. The van der Waals surface area contributed by atoms with Crippen LogP contribution < -0.4 is 5.73 Å². The molecular weight excluding hydrogens is 196 g/mol. The van der Waals surface area contributed by atoms with Gasteiger partial charge in [0.1, 0.15) is 11.6 Å². The third kappa shape index (κ3) is 1.95. The van der Waals surface area contributed by atoms with Gasteiger partial charge in [0.15, 0.2) is 0 Å². The van der Waals surface area contributed by atoms with Gasteiger partial charge in [-0.1, -0.05) is 18.0 Å². The number of anilines is 1. The number of nitrogens with zero attached hydrogens (tertiary/aromatic N) is 1. The van der Waals surface area contributed by atoms with E-state index in [-0.39, 0.29) is 11.8 Å². The molecule has 1 heterocycles. The number of nitrogens with two attached hydrogens (primary N) is 1. The number of hydrogen-bond acceptors (Lipinski definition) is 4. The van der Waals surface area contributed by atoms with Crippen molar-refractivity contribution in [3.05, 3.63) is 11.8 Å². The molecule has 5 nitrogen and oxygen atoms in total. The van der Waals surface area contributed by atoms with E-state index in [1.54, 1.807) is 0 Å². The molecule has 0 bridgehead atoms. The van der Waals surface area contributed by atoms with E-state index >= 15 is 0 Å². The lowest BCUT2D eigenvalue weighted by atomic mass is 9.88. The molecule has 1 unspecified atom stereocenters. The Balaban J connectivity index is 2.22. The number of carboxylic acids is 1. The van der Waals surface area contributed by atoms with E-state index in [4.69, 9.17) is 10.3 Å². The van der Waals surface area contributed by atoms with Crippen molar-refractivity contribution in [1.82, 2.24) is 5.16 Å². The number of aliphatic carboxylic acids is 1. The minimum atomic E-state index is -0.838. The average Bonchev–Trinajstić information content (AvgIpc) is 2.77. The van der Waals surface area contributed by atoms with Crippen LogP contribution in [0.15, 0.2) is 10.6 Å². The van der Waals surface area contributed by atoms with Crippen molar-refractivity contribution in [3.8, 4) is 0 Å². The lowest BCUT2D eigenvalue weighted by Crippen LogP contribution is -2.19. The van der Waals surface area contributed by atoms with E-state index in [2.05, 4.69) is 5.16 Å². The summed E-state index contributed by atoms with van der Waals surface area (Å²) in [6.07, 6.45) is 4.09. The maximum atomic E-state index is 11.2. The Morgan fingerprint density at radius 2 is 2.27 bits per heavy atom. The zero-order valence-corrected chi connectivity index (χ0v) is 8.35. The Labute approximate surface area is 87.2 Å². The molecule has 1 aliphatic carbocycles. The second kappa shape index (κ2) is 3.92. The van der Waals surface area contributed by atoms with Crippen molar-refractivity contribution < 1.29 is 14.4 Å². The number of nitrogen functional groups attached to an aromatic ring is 1. The van der Waals surface area contributed by atoms with Gasteiger partial charge in [-0.2, -0.15) is 0 Å². The molecule has 1 aromatic rings. The molecule has 0 spiro atoms. The summed E-state index contributed by atoms with van der Waals surface area (Å²) in [4.78, 5) is 11.2. The molecule has 0 radical (unpaired) electrons. The van der Waals surface area contributed by atoms with Crippen LogP contribution in [0.3, 0.4) is 0 Å². The van der Waals surface area contributed by atoms with Crippen molar-refractivity contribution in [3.63, 3.8) is 0 Å². The van der Waals surface area contributed by atoms with E-state index in [1.165, 1.54) is 6.07 Å². The Morgan fingerprint density at radius 3 is 2.73 bits per heavy atom. The highest BCUT2D eigenvalue weighted by Crippen LogP contribution is 2.37. The standard InChI is InChI=1S/C10H14N2O3/c11-8-5-7(12-15-8)9(10(13)14)6-3-1-2-4-6/h5-6,9H,1-4,11H2,(H,13,14). The van der Waals surface area contributed by atoms with Gasteiger partial charge in [-0.05, 0) is 18.8 Å². The van der Waals surface area contributed by atoms with Crippen molar-refractivity contribution in [2.45, 2.75) is 31.6 Å². The van der Waals surface area contributed by atoms with Gasteiger partial charge in [-0.25, -0.2) is 0 Å². The van der Waals surface area contributed by atoms with Crippen LogP contribution in [0, 0.1) is 5.92 Å². The van der Waals surface area contributed by atoms with E-state index < -0.39 is 11.9 Å². The van der Waals surface area contributed by atoms with Gasteiger partial charge in [-0.3, -0.25) is 4.79 Å². The minimum absolute atomic E-state index is 0.173. The summed E-state index contributed by atoms with van der Waals surface area (Å²) < 4.78 is 4.72. The summed E-state index contributed by atoms with van der Waals surface area (Å²) in [5, 5.41) is 12.9.